The molecule has 0 saturated carbocycles. The number of carbonyl (C=O) groups excluding carboxylic acids is 1. The SMILES string of the molecule is COC(=O)c1cc[n+](N)cc1-c1c(F)cccc1OC. The summed E-state index contributed by atoms with van der Waals surface area (Å²) < 4.78 is 25.2. The molecule has 0 saturated heterocycles. The number of aromatic nitrogens is 1. The molecule has 0 aliphatic carbocycles. The Morgan fingerprint density at radius 3 is 2.70 bits per heavy atom. The first kappa shape index (κ1) is 13.8. The van der Waals surface area contributed by atoms with Crippen molar-refractivity contribution < 1.29 is 23.3 Å². The van der Waals surface area contributed by atoms with Crippen molar-refractivity contribution in [3.8, 4) is 16.9 Å². The van der Waals surface area contributed by atoms with E-state index in [1.807, 2.05) is 0 Å². The summed E-state index contributed by atoms with van der Waals surface area (Å²) in [6, 6.07) is 5.88. The van der Waals surface area contributed by atoms with Crippen molar-refractivity contribution in [2.45, 2.75) is 0 Å². The van der Waals surface area contributed by atoms with E-state index in [9.17, 15) is 9.18 Å². The van der Waals surface area contributed by atoms with E-state index in [0.717, 1.165) is 0 Å². The molecule has 0 unspecified atom stereocenters. The second kappa shape index (κ2) is 5.56. The monoisotopic (exact) mass is 277 g/mol. The number of carbonyl (C=O) groups is 1. The number of methoxy groups -OCH3 is 2. The van der Waals surface area contributed by atoms with Crippen LogP contribution in [0.15, 0.2) is 36.7 Å². The lowest BCUT2D eigenvalue weighted by atomic mass is 10.0. The van der Waals surface area contributed by atoms with Gasteiger partial charge in [-0.2, -0.15) is 0 Å². The fraction of sp³-hybridized carbons (Fsp3) is 0.143. The molecular weight excluding hydrogens is 263 g/mol. The van der Waals surface area contributed by atoms with Crippen molar-refractivity contribution in [2.24, 2.45) is 0 Å². The highest BCUT2D eigenvalue weighted by Gasteiger charge is 2.22. The maximum Gasteiger partial charge on any atom is 0.338 e. The van der Waals surface area contributed by atoms with Gasteiger partial charge in [-0.15, -0.1) is 0 Å². The van der Waals surface area contributed by atoms with Gasteiger partial charge in [0.05, 0.1) is 30.9 Å². The third kappa shape index (κ3) is 2.40. The average Bonchev–Trinajstić information content (AvgIpc) is 2.46. The highest BCUT2D eigenvalue weighted by atomic mass is 19.1. The highest BCUT2D eigenvalue weighted by molar-refractivity contribution is 5.97. The molecule has 0 radical (unpaired) electrons. The Hall–Kier alpha value is -2.63. The van der Waals surface area contributed by atoms with Crippen LogP contribution in [-0.4, -0.2) is 20.2 Å². The minimum absolute atomic E-state index is 0.162. The van der Waals surface area contributed by atoms with Crippen LogP contribution < -0.4 is 15.3 Å². The van der Waals surface area contributed by atoms with Gasteiger partial charge in [-0.25, -0.2) is 15.0 Å². The molecule has 0 fully saturated rings. The quantitative estimate of drug-likeness (QED) is 0.521. The molecule has 2 aromatic rings. The number of ether oxygens (including phenoxy) is 2. The molecule has 0 aliphatic heterocycles. The summed E-state index contributed by atoms with van der Waals surface area (Å²) in [5.41, 5.74) is 0.671. The molecule has 1 heterocycles. The van der Waals surface area contributed by atoms with Gasteiger partial charge in [0.25, 0.3) is 0 Å². The van der Waals surface area contributed by atoms with E-state index in [4.69, 9.17) is 15.3 Å². The van der Waals surface area contributed by atoms with Crippen LogP contribution in [0.25, 0.3) is 11.1 Å². The smallest absolute Gasteiger partial charge is 0.338 e. The lowest BCUT2D eigenvalue weighted by molar-refractivity contribution is -0.638. The van der Waals surface area contributed by atoms with Crippen molar-refractivity contribution in [2.75, 3.05) is 20.1 Å². The Bertz CT molecular complexity index is 659. The number of halogens is 1. The number of hydrogen-bond acceptors (Lipinski definition) is 4. The van der Waals surface area contributed by atoms with E-state index in [1.54, 1.807) is 6.07 Å². The summed E-state index contributed by atoms with van der Waals surface area (Å²) in [4.78, 5) is 11.8. The van der Waals surface area contributed by atoms with Gasteiger partial charge >= 0.3 is 5.97 Å². The van der Waals surface area contributed by atoms with E-state index >= 15 is 0 Å². The number of esters is 1. The van der Waals surface area contributed by atoms with E-state index in [2.05, 4.69) is 0 Å². The van der Waals surface area contributed by atoms with Crippen molar-refractivity contribution >= 4 is 5.97 Å². The Morgan fingerprint density at radius 2 is 2.05 bits per heavy atom. The second-order valence-corrected chi connectivity index (χ2v) is 4.03. The zero-order chi connectivity index (χ0) is 14.7. The van der Waals surface area contributed by atoms with Gasteiger partial charge in [0.1, 0.15) is 11.6 Å². The van der Waals surface area contributed by atoms with Crippen molar-refractivity contribution in [3.05, 3.63) is 48.0 Å². The number of nitrogens with zero attached hydrogens (tertiary/aromatic N) is 1. The molecule has 6 heteroatoms. The second-order valence-electron chi connectivity index (χ2n) is 4.03. The molecule has 20 heavy (non-hydrogen) atoms. The zero-order valence-electron chi connectivity index (χ0n) is 11.1. The lowest BCUT2D eigenvalue weighted by Crippen LogP contribution is -2.44. The van der Waals surface area contributed by atoms with Crippen molar-refractivity contribution in [1.82, 2.24) is 0 Å². The van der Waals surface area contributed by atoms with Gasteiger partial charge < -0.3 is 9.47 Å². The molecule has 0 spiro atoms. The fourth-order valence-corrected chi connectivity index (χ4v) is 1.94. The molecule has 104 valence electrons. The topological polar surface area (TPSA) is 65.4 Å². The number of hydrogen-bond donors (Lipinski definition) is 1. The Balaban J connectivity index is 2.75. The van der Waals surface area contributed by atoms with E-state index < -0.39 is 11.8 Å². The van der Waals surface area contributed by atoms with Crippen LogP contribution in [0.2, 0.25) is 0 Å². The Morgan fingerprint density at radius 1 is 1.30 bits per heavy atom. The standard InChI is InChI=1S/C14H13FN2O3/c1-19-12-5-3-4-11(15)13(12)10-8-17(16)7-6-9(10)14(18)20-2/h3-8H,1-2H3,(H-,16,18)/p+1. The van der Waals surface area contributed by atoms with Crippen LogP contribution in [0.3, 0.4) is 0 Å². The van der Waals surface area contributed by atoms with Gasteiger partial charge in [0, 0.05) is 6.07 Å². The summed E-state index contributed by atoms with van der Waals surface area (Å²) in [6.45, 7) is 0. The van der Waals surface area contributed by atoms with Crippen LogP contribution in [0, 0.1) is 5.82 Å². The normalized spacial score (nSPS) is 10.2. The number of benzene rings is 1. The number of rotatable bonds is 3. The summed E-state index contributed by atoms with van der Waals surface area (Å²) >= 11 is 0. The molecule has 5 nitrogen and oxygen atoms in total. The first-order valence-corrected chi connectivity index (χ1v) is 5.80. The predicted molar refractivity (Wildman–Crippen MR) is 70.1 cm³/mol. The molecule has 2 N–H and O–H groups in total. The summed E-state index contributed by atoms with van der Waals surface area (Å²) in [6.07, 6.45) is 2.91. The zero-order valence-corrected chi connectivity index (χ0v) is 11.1. The maximum absolute atomic E-state index is 14.1. The number of nitrogens with two attached hydrogens (primary N) is 1. The van der Waals surface area contributed by atoms with E-state index in [0.29, 0.717) is 11.3 Å². The van der Waals surface area contributed by atoms with Crippen molar-refractivity contribution in [3.63, 3.8) is 0 Å². The highest BCUT2D eigenvalue weighted by Crippen LogP contribution is 2.34. The average molecular weight is 277 g/mol. The largest absolute Gasteiger partial charge is 0.496 e. The van der Waals surface area contributed by atoms with Crippen LogP contribution >= 0.6 is 0 Å². The number of nitrogen functional groups attached to an aromatic ring is 1. The minimum Gasteiger partial charge on any atom is -0.496 e. The van der Waals surface area contributed by atoms with Crippen molar-refractivity contribution in [1.29, 1.82) is 0 Å². The van der Waals surface area contributed by atoms with Crippen LogP contribution in [0.1, 0.15) is 10.4 Å². The molecule has 2 rings (SSSR count). The van der Waals surface area contributed by atoms with E-state index in [-0.39, 0.29) is 11.1 Å². The van der Waals surface area contributed by atoms with E-state index in [1.165, 1.54) is 49.5 Å². The van der Waals surface area contributed by atoms with Gasteiger partial charge in [-0.1, -0.05) is 10.7 Å². The van der Waals surface area contributed by atoms with Gasteiger partial charge in [-0.05, 0) is 12.1 Å². The lowest BCUT2D eigenvalue weighted by Gasteiger charge is -2.11. The molecule has 1 aromatic heterocycles. The van der Waals surface area contributed by atoms with Gasteiger partial charge in [0.2, 0.25) is 6.20 Å². The first-order valence-electron chi connectivity index (χ1n) is 5.80. The summed E-state index contributed by atoms with van der Waals surface area (Å²) in [5, 5.41) is 0. The molecule has 0 atom stereocenters. The third-order valence-corrected chi connectivity index (χ3v) is 2.85. The molecule has 1 aromatic carbocycles. The molecule has 0 aliphatic rings. The fourth-order valence-electron chi connectivity index (χ4n) is 1.94. The van der Waals surface area contributed by atoms with Crippen LogP contribution in [-0.2, 0) is 4.74 Å². The molecular formula is C14H14FN2O3+. The predicted octanol–water partition coefficient (Wildman–Crippen LogP) is 1.29. The molecule has 0 bridgehead atoms. The summed E-state index contributed by atoms with van der Waals surface area (Å²) in [5.74, 6) is 4.87. The third-order valence-electron chi connectivity index (χ3n) is 2.85. The molecule has 0 amide bonds. The maximum atomic E-state index is 14.1. The Kier molecular flexibility index (Phi) is 3.84. The summed E-state index contributed by atoms with van der Waals surface area (Å²) in [7, 11) is 2.68. The van der Waals surface area contributed by atoms with Gasteiger partial charge in [-0.3, -0.25) is 0 Å². The first-order chi connectivity index (χ1) is 9.58. The van der Waals surface area contributed by atoms with Crippen LogP contribution in [0.5, 0.6) is 5.75 Å². The van der Waals surface area contributed by atoms with Crippen LogP contribution in [0.4, 0.5) is 4.39 Å². The van der Waals surface area contributed by atoms with Gasteiger partial charge in [0.15, 0.2) is 6.20 Å². The Labute approximate surface area is 115 Å². The minimum atomic E-state index is -0.578. The number of pyridine rings is 1.